The van der Waals surface area contributed by atoms with E-state index in [0.29, 0.717) is 13.0 Å². The van der Waals surface area contributed by atoms with Crippen molar-refractivity contribution in [3.63, 3.8) is 0 Å². The third-order valence-electron chi connectivity index (χ3n) is 8.17. The highest BCUT2D eigenvalue weighted by Gasteiger charge is 2.48. The Labute approximate surface area is 253 Å². The maximum Gasteiger partial charge on any atom is 0.244 e. The van der Waals surface area contributed by atoms with Gasteiger partial charge in [-0.25, -0.2) is 0 Å². The minimum Gasteiger partial charge on any atom is -0.388 e. The van der Waals surface area contributed by atoms with Gasteiger partial charge >= 0.3 is 0 Å². The molecular formula is C32H57N5O5. The first-order chi connectivity index (χ1) is 20.0. The molecule has 1 amide bonds. The molecule has 2 aliphatic rings. The van der Waals surface area contributed by atoms with Crippen LogP contribution in [0.1, 0.15) is 72.6 Å². The zero-order chi connectivity index (χ0) is 31.2. The summed E-state index contributed by atoms with van der Waals surface area (Å²) in [5, 5.41) is 14.5. The lowest BCUT2D eigenvalue weighted by molar-refractivity contribution is -0.254. The number of likely N-dealkylation sites (N-methyl/N-ethyl adjacent to an activating group) is 2. The van der Waals surface area contributed by atoms with Gasteiger partial charge in [0.25, 0.3) is 0 Å². The molecule has 2 fully saturated rings. The summed E-state index contributed by atoms with van der Waals surface area (Å²) in [5.74, 6) is -0.229. The Morgan fingerprint density at radius 2 is 1.79 bits per heavy atom. The Hall–Kier alpha value is -1.92. The van der Waals surface area contributed by atoms with Crippen LogP contribution in [0.4, 0.5) is 0 Å². The Morgan fingerprint density at radius 1 is 1.10 bits per heavy atom. The number of aliphatic hydroxyl groups is 1. The second-order valence-corrected chi connectivity index (χ2v) is 12.1. The molecule has 0 aromatic rings. The summed E-state index contributed by atoms with van der Waals surface area (Å²) in [7, 11) is 5.09. The van der Waals surface area contributed by atoms with Crippen LogP contribution in [0.3, 0.4) is 0 Å². The summed E-state index contributed by atoms with van der Waals surface area (Å²) in [5.41, 5.74) is 16.7. The molecule has 0 aromatic heterocycles. The van der Waals surface area contributed by atoms with Gasteiger partial charge in [0.15, 0.2) is 6.29 Å². The molecule has 42 heavy (non-hydrogen) atoms. The first kappa shape index (κ1) is 36.3. The van der Waals surface area contributed by atoms with Crippen molar-refractivity contribution in [2.45, 2.75) is 121 Å². The number of carbonyl (C=O) groups excluding carboxylic acids is 1. The van der Waals surface area contributed by atoms with Crippen molar-refractivity contribution in [3.8, 4) is 0 Å². The van der Waals surface area contributed by atoms with Crippen LogP contribution in [0.2, 0.25) is 0 Å². The zero-order valence-electron chi connectivity index (χ0n) is 26.9. The molecule has 0 bridgehead atoms. The van der Waals surface area contributed by atoms with Crippen molar-refractivity contribution in [1.29, 1.82) is 0 Å². The average molecular weight is 592 g/mol. The largest absolute Gasteiger partial charge is 0.388 e. The van der Waals surface area contributed by atoms with E-state index in [1.807, 2.05) is 13.1 Å². The van der Waals surface area contributed by atoms with Crippen LogP contribution < -0.4 is 16.8 Å². The topological polar surface area (TPSA) is 145 Å². The van der Waals surface area contributed by atoms with Crippen LogP contribution in [0.25, 0.3) is 0 Å². The molecule has 240 valence electrons. The van der Waals surface area contributed by atoms with Gasteiger partial charge in [-0.3, -0.25) is 9.79 Å². The number of carbonyl (C=O) groups is 1. The van der Waals surface area contributed by atoms with Gasteiger partial charge in [-0.05, 0) is 85.8 Å². The van der Waals surface area contributed by atoms with Crippen molar-refractivity contribution in [2.75, 3.05) is 34.3 Å². The lowest BCUT2D eigenvalue weighted by Gasteiger charge is -2.48. The number of allylic oxidation sites excluding steroid dienone is 6. The van der Waals surface area contributed by atoms with Crippen LogP contribution >= 0.6 is 0 Å². The van der Waals surface area contributed by atoms with Crippen molar-refractivity contribution >= 4 is 12.1 Å². The molecule has 6 N–H and O–H groups in total. The number of amides is 1. The molecule has 4 unspecified atom stereocenters. The summed E-state index contributed by atoms with van der Waals surface area (Å²) in [4.78, 5) is 18.9. The number of rotatable bonds is 15. The molecule has 1 saturated carbocycles. The monoisotopic (exact) mass is 591 g/mol. The molecule has 10 nitrogen and oxygen atoms in total. The van der Waals surface area contributed by atoms with Crippen LogP contribution in [-0.2, 0) is 19.0 Å². The van der Waals surface area contributed by atoms with E-state index in [-0.39, 0.29) is 24.6 Å². The minimum atomic E-state index is -1.09. The molecule has 8 atom stereocenters. The third kappa shape index (κ3) is 11.6. The van der Waals surface area contributed by atoms with E-state index in [1.165, 1.54) is 21.6 Å². The van der Waals surface area contributed by atoms with E-state index in [9.17, 15) is 9.90 Å². The fourth-order valence-electron chi connectivity index (χ4n) is 5.55. The maximum atomic E-state index is 13.1. The van der Waals surface area contributed by atoms with E-state index in [1.54, 1.807) is 20.4 Å². The number of nitrogens with zero attached hydrogens (tertiary/aromatic N) is 2. The summed E-state index contributed by atoms with van der Waals surface area (Å²) in [6, 6.07) is -1.49. The minimum absolute atomic E-state index is 0.0303. The van der Waals surface area contributed by atoms with Crippen LogP contribution in [0, 0.1) is 0 Å². The Bertz CT molecular complexity index is 948. The van der Waals surface area contributed by atoms with Gasteiger partial charge in [-0.1, -0.05) is 28.9 Å². The lowest BCUT2D eigenvalue weighted by atomic mass is 9.83. The predicted molar refractivity (Wildman–Crippen MR) is 169 cm³/mol. The SMILES string of the molecule is CNCC1CCC(N)[C@@H](O[C@@H]2C(N)C[C@H](OC)C(N(C)C(=O)CN=C/C=C(\C)CC/C=C(\C)CCC=C(C)C)[C@@H]2O)O1. The highest BCUT2D eigenvalue weighted by atomic mass is 16.7. The number of hydrogen-bond donors (Lipinski definition) is 4. The molecule has 0 radical (unpaired) electrons. The Balaban J connectivity index is 1.94. The molecule has 1 aliphatic carbocycles. The average Bonchev–Trinajstić information content (AvgIpc) is 2.94. The second-order valence-electron chi connectivity index (χ2n) is 12.1. The van der Waals surface area contributed by atoms with Crippen LogP contribution in [0.15, 0.2) is 39.9 Å². The summed E-state index contributed by atoms with van der Waals surface area (Å²) >= 11 is 0. The van der Waals surface area contributed by atoms with E-state index in [4.69, 9.17) is 25.7 Å². The normalized spacial score (nSPS) is 30.9. The molecule has 2 rings (SSSR count). The lowest BCUT2D eigenvalue weighted by Crippen LogP contribution is -2.66. The first-order valence-electron chi connectivity index (χ1n) is 15.4. The molecule has 0 aromatic carbocycles. The number of nitrogens with two attached hydrogens (primary N) is 2. The van der Waals surface area contributed by atoms with E-state index >= 15 is 0 Å². The molecule has 0 spiro atoms. The van der Waals surface area contributed by atoms with Crippen LogP contribution in [-0.4, -0.2) is 105 Å². The van der Waals surface area contributed by atoms with Gasteiger partial charge in [-0.15, -0.1) is 0 Å². The fourth-order valence-corrected chi connectivity index (χ4v) is 5.55. The van der Waals surface area contributed by atoms with Gasteiger partial charge in [0.05, 0.1) is 24.3 Å². The molecule has 1 saturated heterocycles. The van der Waals surface area contributed by atoms with Gasteiger partial charge < -0.3 is 41.0 Å². The number of methoxy groups -OCH3 is 1. The van der Waals surface area contributed by atoms with Crippen molar-refractivity contribution in [2.24, 2.45) is 16.5 Å². The summed E-state index contributed by atoms with van der Waals surface area (Å²) in [6.45, 7) is 9.15. The van der Waals surface area contributed by atoms with Gasteiger partial charge in [0.1, 0.15) is 18.8 Å². The van der Waals surface area contributed by atoms with Crippen LogP contribution in [0.5, 0.6) is 0 Å². The van der Waals surface area contributed by atoms with E-state index in [0.717, 1.165) is 38.5 Å². The summed E-state index contributed by atoms with van der Waals surface area (Å²) in [6.07, 6.45) is 11.3. The second kappa shape index (κ2) is 18.7. The highest BCUT2D eigenvalue weighted by Crippen LogP contribution is 2.30. The maximum absolute atomic E-state index is 13.1. The third-order valence-corrected chi connectivity index (χ3v) is 8.17. The van der Waals surface area contributed by atoms with Crippen molar-refractivity contribution < 1.29 is 24.1 Å². The Kier molecular flexibility index (Phi) is 16.1. The standard InChI is InChI=1S/C32H57N5O5/c1-21(2)10-8-11-22(3)12-9-13-23(4)16-17-36-20-28(38)37(6)29-27(40-7)18-26(34)31(30(29)39)42-32-25(33)15-14-24(41-32)19-35-5/h10,12,16-17,24-27,29-32,35,39H,8-9,11,13-15,18-20,33-34H2,1-7H3/b22-12+,23-16+,36-17?/t24?,25?,26?,27-,29?,30-,31+,32+/m0/s1. The van der Waals surface area contributed by atoms with Gasteiger partial charge in [0, 0.05) is 33.0 Å². The zero-order valence-corrected chi connectivity index (χ0v) is 26.9. The number of aliphatic imine (C=N–C) groups is 1. The molecule has 1 aliphatic heterocycles. The van der Waals surface area contributed by atoms with E-state index < -0.39 is 36.7 Å². The highest BCUT2D eigenvalue weighted by molar-refractivity contribution is 5.81. The quantitative estimate of drug-likeness (QED) is 0.168. The van der Waals surface area contributed by atoms with Gasteiger partial charge in [-0.2, -0.15) is 0 Å². The number of ether oxygens (including phenoxy) is 3. The number of aliphatic hydroxyl groups excluding tert-OH is 1. The fraction of sp³-hybridized carbons (Fsp3) is 0.750. The molecule has 10 heteroatoms. The molecule has 1 heterocycles. The summed E-state index contributed by atoms with van der Waals surface area (Å²) < 4.78 is 17.9. The molecular weight excluding hydrogens is 534 g/mol. The first-order valence-corrected chi connectivity index (χ1v) is 15.4. The van der Waals surface area contributed by atoms with Gasteiger partial charge in [0.2, 0.25) is 5.91 Å². The van der Waals surface area contributed by atoms with Crippen molar-refractivity contribution in [3.05, 3.63) is 34.9 Å². The Morgan fingerprint density at radius 3 is 2.45 bits per heavy atom. The predicted octanol–water partition coefficient (Wildman–Crippen LogP) is 2.85. The number of hydrogen-bond acceptors (Lipinski definition) is 9. The van der Waals surface area contributed by atoms with E-state index in [2.05, 4.69) is 50.2 Å². The smallest absolute Gasteiger partial charge is 0.244 e. The van der Waals surface area contributed by atoms with Crippen molar-refractivity contribution in [1.82, 2.24) is 10.2 Å². The number of nitrogens with one attached hydrogen (secondary N) is 1.